The summed E-state index contributed by atoms with van der Waals surface area (Å²) in [7, 11) is 0. The summed E-state index contributed by atoms with van der Waals surface area (Å²) in [5.41, 5.74) is 7.06. The van der Waals surface area contributed by atoms with Crippen molar-refractivity contribution < 1.29 is 4.42 Å². The van der Waals surface area contributed by atoms with E-state index in [4.69, 9.17) is 16.0 Å². The topological polar surface area (TPSA) is 16.4 Å². The summed E-state index contributed by atoms with van der Waals surface area (Å²) in [6.45, 7) is 0. The first-order chi connectivity index (χ1) is 20.2. The minimum atomic E-state index is 0.589. The van der Waals surface area contributed by atoms with Gasteiger partial charge in [-0.25, -0.2) is 0 Å². The number of benzene rings is 7. The molecular formula is C38H24ClNO. The van der Waals surface area contributed by atoms with Gasteiger partial charge in [0.25, 0.3) is 0 Å². The molecule has 0 aliphatic heterocycles. The van der Waals surface area contributed by atoms with Crippen LogP contribution in [0.1, 0.15) is 0 Å². The minimum Gasteiger partial charge on any atom is -0.454 e. The molecule has 2 nitrogen and oxygen atoms in total. The van der Waals surface area contributed by atoms with E-state index >= 15 is 0 Å². The molecule has 8 aromatic rings. The van der Waals surface area contributed by atoms with Gasteiger partial charge in [0.2, 0.25) is 0 Å². The lowest BCUT2D eigenvalue weighted by atomic mass is 10.0. The number of halogens is 1. The number of nitrogens with zero attached hydrogens (tertiary/aromatic N) is 1. The van der Waals surface area contributed by atoms with Gasteiger partial charge in [-0.1, -0.05) is 109 Å². The van der Waals surface area contributed by atoms with Crippen molar-refractivity contribution in [1.29, 1.82) is 0 Å². The minimum absolute atomic E-state index is 0.589. The Balaban J connectivity index is 1.34. The second-order valence-corrected chi connectivity index (χ2v) is 10.8. The van der Waals surface area contributed by atoms with Crippen molar-refractivity contribution in [2.45, 2.75) is 0 Å². The average Bonchev–Trinajstić information content (AvgIpc) is 3.42. The molecule has 0 fully saturated rings. The Hall–Kier alpha value is -5.05. The van der Waals surface area contributed by atoms with E-state index in [0.29, 0.717) is 10.6 Å². The van der Waals surface area contributed by atoms with E-state index in [2.05, 4.69) is 120 Å². The van der Waals surface area contributed by atoms with Crippen LogP contribution in [0.2, 0.25) is 5.02 Å². The van der Waals surface area contributed by atoms with E-state index in [9.17, 15) is 0 Å². The first-order valence-corrected chi connectivity index (χ1v) is 14.1. The number of anilines is 3. The van der Waals surface area contributed by atoms with Gasteiger partial charge in [-0.2, -0.15) is 0 Å². The largest absolute Gasteiger partial charge is 0.454 e. The van der Waals surface area contributed by atoms with E-state index in [0.717, 1.165) is 44.2 Å². The van der Waals surface area contributed by atoms with Crippen molar-refractivity contribution in [3.8, 4) is 11.1 Å². The van der Waals surface area contributed by atoms with Gasteiger partial charge in [0.1, 0.15) is 5.58 Å². The van der Waals surface area contributed by atoms with Crippen LogP contribution < -0.4 is 4.90 Å². The lowest BCUT2D eigenvalue weighted by Gasteiger charge is -2.26. The maximum absolute atomic E-state index is 6.97. The van der Waals surface area contributed by atoms with Crippen LogP contribution in [0.25, 0.3) is 54.6 Å². The van der Waals surface area contributed by atoms with Crippen LogP contribution in [-0.2, 0) is 0 Å². The Morgan fingerprint density at radius 2 is 1.15 bits per heavy atom. The Morgan fingerprint density at radius 3 is 2.00 bits per heavy atom. The molecule has 0 radical (unpaired) electrons. The van der Waals surface area contributed by atoms with Gasteiger partial charge in [0, 0.05) is 33.2 Å². The van der Waals surface area contributed by atoms with Crippen LogP contribution in [0.4, 0.5) is 17.1 Å². The number of hydrogen-bond donors (Lipinski definition) is 0. The third-order valence-electron chi connectivity index (χ3n) is 7.86. The van der Waals surface area contributed by atoms with Gasteiger partial charge in [-0.15, -0.1) is 0 Å². The zero-order valence-corrected chi connectivity index (χ0v) is 22.8. The highest BCUT2D eigenvalue weighted by atomic mass is 35.5. The van der Waals surface area contributed by atoms with E-state index in [1.165, 1.54) is 21.9 Å². The predicted octanol–water partition coefficient (Wildman–Crippen LogP) is 11.7. The zero-order valence-electron chi connectivity index (χ0n) is 22.1. The molecule has 1 heterocycles. The maximum atomic E-state index is 6.97. The molecule has 194 valence electrons. The molecule has 0 aliphatic carbocycles. The molecule has 7 aromatic carbocycles. The van der Waals surface area contributed by atoms with Crippen molar-refractivity contribution in [3.05, 3.63) is 151 Å². The number of hydrogen-bond acceptors (Lipinski definition) is 2. The number of fused-ring (bicyclic) bond motifs is 6. The molecule has 0 saturated carbocycles. The van der Waals surface area contributed by atoms with Crippen LogP contribution >= 0.6 is 11.6 Å². The monoisotopic (exact) mass is 545 g/mol. The predicted molar refractivity (Wildman–Crippen MR) is 174 cm³/mol. The molecule has 0 amide bonds. The lowest BCUT2D eigenvalue weighted by Crippen LogP contribution is -2.09. The standard InChI is InChI=1S/C38H24ClNO/c39-36-24-32(23-35-34-20-18-27-11-7-8-14-33(27)37(34)41-38(35)36)40(30-12-5-2-6-13-30)31-19-17-26-15-16-28(21-29(26)22-31)25-9-3-1-4-10-25/h1-24H. The normalized spacial score (nSPS) is 11.5. The number of rotatable bonds is 4. The average molecular weight is 546 g/mol. The summed E-state index contributed by atoms with van der Waals surface area (Å²) in [6, 6.07) is 51.0. The SMILES string of the molecule is Clc1cc(N(c2ccccc2)c2ccc3ccc(-c4ccccc4)cc3c2)cc2c1oc1c3ccccc3ccc21. The first kappa shape index (κ1) is 23.8. The quantitative estimate of drug-likeness (QED) is 0.218. The molecule has 8 rings (SSSR count). The van der Waals surface area contributed by atoms with Crippen molar-refractivity contribution in [2.24, 2.45) is 0 Å². The molecule has 0 atom stereocenters. The second-order valence-electron chi connectivity index (χ2n) is 10.4. The summed E-state index contributed by atoms with van der Waals surface area (Å²) >= 11 is 6.97. The highest BCUT2D eigenvalue weighted by molar-refractivity contribution is 6.36. The summed E-state index contributed by atoms with van der Waals surface area (Å²) in [5.74, 6) is 0. The summed E-state index contributed by atoms with van der Waals surface area (Å²) in [5, 5.41) is 7.25. The van der Waals surface area contributed by atoms with E-state index in [1.807, 2.05) is 30.3 Å². The molecule has 0 spiro atoms. The van der Waals surface area contributed by atoms with Crippen LogP contribution in [0.5, 0.6) is 0 Å². The number of furan rings is 1. The van der Waals surface area contributed by atoms with Gasteiger partial charge >= 0.3 is 0 Å². The van der Waals surface area contributed by atoms with Crippen LogP contribution in [-0.4, -0.2) is 0 Å². The molecule has 0 aliphatic rings. The Morgan fingerprint density at radius 1 is 0.415 bits per heavy atom. The molecule has 0 bridgehead atoms. The van der Waals surface area contributed by atoms with Gasteiger partial charge < -0.3 is 9.32 Å². The highest BCUT2D eigenvalue weighted by Gasteiger charge is 2.19. The number of para-hydroxylation sites is 1. The van der Waals surface area contributed by atoms with Crippen molar-refractivity contribution in [3.63, 3.8) is 0 Å². The lowest BCUT2D eigenvalue weighted by molar-refractivity contribution is 0.673. The smallest absolute Gasteiger partial charge is 0.154 e. The highest BCUT2D eigenvalue weighted by Crippen LogP contribution is 2.43. The molecule has 0 N–H and O–H groups in total. The Labute approximate surface area is 242 Å². The van der Waals surface area contributed by atoms with E-state index in [1.54, 1.807) is 0 Å². The molecular weight excluding hydrogens is 522 g/mol. The Bertz CT molecular complexity index is 2220. The summed E-state index contributed by atoms with van der Waals surface area (Å²) in [4.78, 5) is 2.26. The van der Waals surface area contributed by atoms with Crippen molar-refractivity contribution >= 4 is 72.1 Å². The molecule has 0 unspecified atom stereocenters. The molecule has 0 saturated heterocycles. The zero-order chi connectivity index (χ0) is 27.3. The second kappa shape index (κ2) is 9.55. The Kier molecular flexibility index (Phi) is 5.54. The van der Waals surface area contributed by atoms with Crippen LogP contribution in [0.3, 0.4) is 0 Å². The van der Waals surface area contributed by atoms with Gasteiger partial charge in [0.05, 0.1) is 5.02 Å². The van der Waals surface area contributed by atoms with Crippen molar-refractivity contribution in [1.82, 2.24) is 0 Å². The van der Waals surface area contributed by atoms with Gasteiger partial charge in [0.15, 0.2) is 5.58 Å². The maximum Gasteiger partial charge on any atom is 0.154 e. The fourth-order valence-electron chi connectivity index (χ4n) is 5.89. The fraction of sp³-hybridized carbons (Fsp3) is 0. The summed E-state index contributed by atoms with van der Waals surface area (Å²) in [6.07, 6.45) is 0. The first-order valence-electron chi connectivity index (χ1n) is 13.7. The molecule has 41 heavy (non-hydrogen) atoms. The van der Waals surface area contributed by atoms with E-state index < -0.39 is 0 Å². The van der Waals surface area contributed by atoms with E-state index in [-0.39, 0.29) is 0 Å². The van der Waals surface area contributed by atoms with Crippen LogP contribution in [0.15, 0.2) is 150 Å². The van der Waals surface area contributed by atoms with Crippen LogP contribution in [0, 0.1) is 0 Å². The van der Waals surface area contributed by atoms with Gasteiger partial charge in [-0.3, -0.25) is 0 Å². The third kappa shape index (κ3) is 4.04. The van der Waals surface area contributed by atoms with Gasteiger partial charge in [-0.05, 0) is 75.8 Å². The molecule has 3 heteroatoms. The van der Waals surface area contributed by atoms with Crippen molar-refractivity contribution in [2.75, 3.05) is 4.90 Å². The summed E-state index contributed by atoms with van der Waals surface area (Å²) < 4.78 is 6.41. The molecule has 1 aromatic heterocycles. The third-order valence-corrected chi connectivity index (χ3v) is 8.14. The fourth-order valence-corrected chi connectivity index (χ4v) is 6.14.